The summed E-state index contributed by atoms with van der Waals surface area (Å²) >= 11 is 0. The first-order valence-electron chi connectivity index (χ1n) is 43.8. The Morgan fingerprint density at radius 3 is 0.800 bits per heavy atom. The summed E-state index contributed by atoms with van der Waals surface area (Å²) in [5.74, 6) is 0.306. The molecule has 8 atom stereocenters. The van der Waals surface area contributed by atoms with Gasteiger partial charge in [0.05, 0.1) is 26.4 Å². The van der Waals surface area contributed by atoms with Gasteiger partial charge in [0.2, 0.25) is 0 Å². The number of hydrogen-bond donors (Lipinski definition) is 3. The van der Waals surface area contributed by atoms with Gasteiger partial charge in [-0.1, -0.05) is 375 Å². The number of rotatable bonds is 82. The summed E-state index contributed by atoms with van der Waals surface area (Å²) in [4.78, 5) is 73.2. The van der Waals surface area contributed by atoms with Crippen LogP contribution in [0.4, 0.5) is 0 Å². The Hall–Kier alpha value is -2.46. The molecule has 5 unspecified atom stereocenters. The van der Waals surface area contributed by atoms with Crippen LogP contribution in [-0.2, 0) is 65.4 Å². The molecule has 0 aromatic carbocycles. The fourth-order valence-electron chi connectivity index (χ4n) is 12.7. The second-order valence-corrected chi connectivity index (χ2v) is 33.9. The number of carbonyl (C=O) groups is 4. The van der Waals surface area contributed by atoms with Crippen LogP contribution < -0.4 is 0 Å². The van der Waals surface area contributed by atoms with Gasteiger partial charge in [-0.3, -0.25) is 37.3 Å². The van der Waals surface area contributed by atoms with Crippen molar-refractivity contribution in [2.45, 2.75) is 446 Å². The van der Waals surface area contributed by atoms with Crippen LogP contribution in [0.1, 0.15) is 427 Å². The minimum Gasteiger partial charge on any atom is -0.462 e. The summed E-state index contributed by atoms with van der Waals surface area (Å²) in [7, 11) is -9.94. The van der Waals surface area contributed by atoms with Gasteiger partial charge in [-0.2, -0.15) is 0 Å². The molecule has 17 nitrogen and oxygen atoms in total. The van der Waals surface area contributed by atoms with Crippen LogP contribution in [0.5, 0.6) is 0 Å². The summed E-state index contributed by atoms with van der Waals surface area (Å²) in [6, 6.07) is 0. The molecule has 0 rings (SSSR count). The van der Waals surface area contributed by atoms with Crippen molar-refractivity contribution < 1.29 is 80.2 Å². The van der Waals surface area contributed by atoms with E-state index in [1.54, 1.807) is 0 Å². The Morgan fingerprint density at radius 1 is 0.305 bits per heavy atom. The predicted molar refractivity (Wildman–Crippen MR) is 432 cm³/mol. The number of allylic oxidation sites excluding steroid dienone is 4. The molecule has 0 radical (unpaired) electrons. The lowest BCUT2D eigenvalue weighted by molar-refractivity contribution is -0.161. The van der Waals surface area contributed by atoms with E-state index in [1.165, 1.54) is 212 Å². The Balaban J connectivity index is 5.24. The van der Waals surface area contributed by atoms with Crippen molar-refractivity contribution in [1.29, 1.82) is 0 Å². The zero-order chi connectivity index (χ0) is 77.2. The van der Waals surface area contributed by atoms with E-state index in [1.807, 2.05) is 0 Å². The maximum atomic E-state index is 13.1. The highest BCUT2D eigenvalue weighted by atomic mass is 31.2. The summed E-state index contributed by atoms with van der Waals surface area (Å²) in [5, 5.41) is 10.7. The SMILES string of the molecule is CCCCCC/C=C\C=C/CCCCCCCC(=O)OC[C@H](COP(=O)(O)OC[C@@H](O)COP(=O)(O)OC[C@@H](COC(=O)CCCCCCCCC(C)CC)OC(=O)CCCCCCCCCCCCCCCCCCCCC(C)CC)OC(=O)CCCCCCCCCCCCCCCCC(C)CC. The average molecular weight is 1530 g/mol. The molecule has 620 valence electrons. The van der Waals surface area contributed by atoms with E-state index in [2.05, 4.69) is 72.8 Å². The lowest BCUT2D eigenvalue weighted by Crippen LogP contribution is -2.30. The zero-order valence-corrected chi connectivity index (χ0v) is 70.5. The number of esters is 4. The molecule has 19 heteroatoms. The van der Waals surface area contributed by atoms with Gasteiger partial charge in [0.25, 0.3) is 0 Å². The number of unbranched alkanes of at least 4 members (excludes halogenated alkanes) is 44. The van der Waals surface area contributed by atoms with Crippen molar-refractivity contribution in [3.05, 3.63) is 24.3 Å². The van der Waals surface area contributed by atoms with Crippen LogP contribution in [0.3, 0.4) is 0 Å². The zero-order valence-electron chi connectivity index (χ0n) is 68.7. The molecule has 0 saturated carbocycles. The third-order valence-electron chi connectivity index (χ3n) is 20.6. The predicted octanol–water partition coefficient (Wildman–Crippen LogP) is 25.6. The topological polar surface area (TPSA) is 237 Å². The van der Waals surface area contributed by atoms with Gasteiger partial charge in [-0.25, -0.2) is 9.13 Å². The first-order chi connectivity index (χ1) is 50.8. The molecule has 0 aliphatic heterocycles. The Bertz CT molecular complexity index is 2130. The second kappa shape index (κ2) is 75.6. The molecule has 0 heterocycles. The number of aliphatic hydroxyl groups excluding tert-OH is 1. The van der Waals surface area contributed by atoms with Gasteiger partial charge in [0.1, 0.15) is 19.3 Å². The third-order valence-corrected chi connectivity index (χ3v) is 22.5. The van der Waals surface area contributed by atoms with Gasteiger partial charge in [0, 0.05) is 25.7 Å². The number of aliphatic hydroxyl groups is 1. The Labute approximate surface area is 643 Å². The van der Waals surface area contributed by atoms with Crippen LogP contribution >= 0.6 is 15.6 Å². The lowest BCUT2D eigenvalue weighted by atomic mass is 9.99. The van der Waals surface area contributed by atoms with Crippen LogP contribution in [0.15, 0.2) is 24.3 Å². The van der Waals surface area contributed by atoms with E-state index in [0.717, 1.165) is 133 Å². The van der Waals surface area contributed by atoms with Crippen LogP contribution in [0.25, 0.3) is 0 Å². The molecular formula is C86H164O17P2. The summed E-state index contributed by atoms with van der Waals surface area (Å²) in [6.45, 7) is 12.0. The average Bonchev–Trinajstić information content (AvgIpc) is 0.908. The Kier molecular flexibility index (Phi) is 73.8. The van der Waals surface area contributed by atoms with Crippen molar-refractivity contribution in [3.63, 3.8) is 0 Å². The fraction of sp³-hybridized carbons (Fsp3) is 0.907. The van der Waals surface area contributed by atoms with Crippen molar-refractivity contribution in [1.82, 2.24) is 0 Å². The van der Waals surface area contributed by atoms with E-state index < -0.39 is 97.5 Å². The lowest BCUT2D eigenvalue weighted by Gasteiger charge is -2.21. The largest absolute Gasteiger partial charge is 0.472 e. The summed E-state index contributed by atoms with van der Waals surface area (Å²) in [5.41, 5.74) is 0. The molecule has 0 aliphatic carbocycles. The molecule has 0 aromatic heterocycles. The van der Waals surface area contributed by atoms with Crippen LogP contribution in [-0.4, -0.2) is 96.7 Å². The molecule has 0 aromatic rings. The van der Waals surface area contributed by atoms with Crippen LogP contribution in [0.2, 0.25) is 0 Å². The molecule has 105 heavy (non-hydrogen) atoms. The van der Waals surface area contributed by atoms with Crippen molar-refractivity contribution in [2.24, 2.45) is 17.8 Å². The maximum absolute atomic E-state index is 13.1. The second-order valence-electron chi connectivity index (χ2n) is 31.0. The monoisotopic (exact) mass is 1530 g/mol. The summed E-state index contributed by atoms with van der Waals surface area (Å²) in [6.07, 6.45) is 68.8. The number of carbonyl (C=O) groups excluding carboxylic acids is 4. The summed E-state index contributed by atoms with van der Waals surface area (Å²) < 4.78 is 68.8. The number of ether oxygens (including phenoxy) is 4. The standard InChI is InChI=1S/C86H164O17P2/c1-8-12-13-14-15-16-17-18-23-30-35-40-45-53-60-67-83(88)96-73-81(102-85(90)69-63-56-47-42-37-32-27-26-29-34-39-44-51-58-65-78(6)10-3)75-100-104(92,93)98-71-80(87)72-99-105(94,95)101-76-82(74-97-84(89)68-61-54-49-48-52-59-66-79(7)11-4)103-86(91)70-62-55-46-41-36-31-25-22-20-19-21-24-28-33-38-43-50-57-64-77(5)9-2/h16-18,23,77-82,87H,8-15,19-22,24-76H2,1-7H3,(H,92,93)(H,94,95)/b17-16-,23-18-/t77?,78?,79?,80-,81-,82-/m1/s1. The van der Waals surface area contributed by atoms with E-state index in [9.17, 15) is 43.2 Å². The van der Waals surface area contributed by atoms with Crippen LogP contribution in [0, 0.1) is 17.8 Å². The van der Waals surface area contributed by atoms with E-state index in [4.69, 9.17) is 37.0 Å². The van der Waals surface area contributed by atoms with Gasteiger partial charge in [0.15, 0.2) is 12.2 Å². The van der Waals surface area contributed by atoms with Gasteiger partial charge >= 0.3 is 39.5 Å². The highest BCUT2D eigenvalue weighted by molar-refractivity contribution is 7.47. The smallest absolute Gasteiger partial charge is 0.462 e. The molecule has 0 saturated heterocycles. The number of phosphoric ester groups is 2. The molecule has 0 aliphatic rings. The molecule has 0 spiro atoms. The van der Waals surface area contributed by atoms with Crippen molar-refractivity contribution >= 4 is 39.5 Å². The van der Waals surface area contributed by atoms with E-state index in [0.29, 0.717) is 25.7 Å². The third kappa shape index (κ3) is 75.4. The highest BCUT2D eigenvalue weighted by Crippen LogP contribution is 2.45. The molecule has 0 bridgehead atoms. The number of hydrogen-bond acceptors (Lipinski definition) is 15. The fourth-order valence-corrected chi connectivity index (χ4v) is 14.3. The van der Waals surface area contributed by atoms with Crippen molar-refractivity contribution in [3.8, 4) is 0 Å². The van der Waals surface area contributed by atoms with E-state index in [-0.39, 0.29) is 25.7 Å². The minimum atomic E-state index is -4.97. The van der Waals surface area contributed by atoms with Gasteiger partial charge in [-0.15, -0.1) is 0 Å². The highest BCUT2D eigenvalue weighted by Gasteiger charge is 2.30. The Morgan fingerprint density at radius 2 is 0.533 bits per heavy atom. The molecule has 0 amide bonds. The first-order valence-corrected chi connectivity index (χ1v) is 46.8. The minimum absolute atomic E-state index is 0.101. The quantitative estimate of drug-likeness (QED) is 0.0169. The first kappa shape index (κ1) is 103. The van der Waals surface area contributed by atoms with Gasteiger partial charge in [-0.05, 0) is 69.1 Å². The molecule has 3 N–H and O–H groups in total. The normalized spacial score (nSPS) is 14.8. The van der Waals surface area contributed by atoms with Crippen molar-refractivity contribution in [2.75, 3.05) is 39.6 Å². The van der Waals surface area contributed by atoms with Gasteiger partial charge < -0.3 is 33.8 Å². The van der Waals surface area contributed by atoms with E-state index >= 15 is 0 Å². The molecule has 0 fully saturated rings. The maximum Gasteiger partial charge on any atom is 0.472 e. The molecular weight excluding hydrogens is 1370 g/mol. The number of phosphoric acid groups is 2.